The van der Waals surface area contributed by atoms with Gasteiger partial charge in [-0.3, -0.25) is 0 Å². The van der Waals surface area contributed by atoms with Crippen LogP contribution < -0.4 is 18.9 Å². The van der Waals surface area contributed by atoms with Crippen LogP contribution in [0, 0.1) is 0 Å². The van der Waals surface area contributed by atoms with Gasteiger partial charge < -0.3 is 29.0 Å². The summed E-state index contributed by atoms with van der Waals surface area (Å²) < 4.78 is 58.8. The average Bonchev–Trinajstić information content (AvgIpc) is 2.79. The van der Waals surface area contributed by atoms with E-state index in [1.807, 2.05) is 24.3 Å². The van der Waals surface area contributed by atoms with Crippen molar-refractivity contribution in [1.82, 2.24) is 4.90 Å². The molecular weight excluding hydrogens is 431 g/mol. The zero-order chi connectivity index (χ0) is 22.9. The second kappa shape index (κ2) is 11.4. The minimum Gasteiger partial charge on any atom is -0.482 e. The quantitative estimate of drug-likeness (QED) is 0.541. The van der Waals surface area contributed by atoms with Crippen molar-refractivity contribution in [1.29, 1.82) is 0 Å². The van der Waals surface area contributed by atoms with Crippen LogP contribution in [-0.2, 0) is 6.61 Å². The molecule has 0 unspecified atom stereocenters. The molecule has 1 heterocycles. The van der Waals surface area contributed by atoms with E-state index in [-0.39, 0.29) is 35.5 Å². The number of halogens is 3. The molecule has 7 nitrogen and oxygen atoms in total. The predicted molar refractivity (Wildman–Crippen MR) is 109 cm³/mol. The van der Waals surface area contributed by atoms with Crippen LogP contribution in [0.5, 0.6) is 23.0 Å². The van der Waals surface area contributed by atoms with E-state index in [1.54, 1.807) is 0 Å². The zero-order valence-electron chi connectivity index (χ0n) is 17.3. The van der Waals surface area contributed by atoms with Crippen LogP contribution >= 0.6 is 0 Å². The number of rotatable bonds is 10. The normalized spacial score (nSPS) is 14.2. The molecule has 32 heavy (non-hydrogen) atoms. The lowest BCUT2D eigenvalue weighted by molar-refractivity contribution is 0.132. The maximum atomic E-state index is 12.9. The third-order valence-electron chi connectivity index (χ3n) is 5.27. The Morgan fingerprint density at radius 1 is 0.938 bits per heavy atom. The number of likely N-dealkylation sites (tertiary alicyclic amines) is 1. The standard InChI is InChI=1S/C22H24F3NO6/c23-12-30-17-9-19(31-13-24)21(20(10-17)32-14-25)29-11-16-3-1-2-4-18(16)15-5-7-26(8-6-15)22(27)28/h1-4,9-10,15H,5-8,11-14H2,(H,27,28). The van der Waals surface area contributed by atoms with Crippen LogP contribution in [0.2, 0.25) is 0 Å². The molecule has 0 radical (unpaired) electrons. The molecule has 0 aliphatic carbocycles. The highest BCUT2D eigenvalue weighted by Gasteiger charge is 2.25. The summed E-state index contributed by atoms with van der Waals surface area (Å²) in [4.78, 5) is 12.5. The van der Waals surface area contributed by atoms with Crippen LogP contribution in [0.25, 0.3) is 0 Å². The Balaban J connectivity index is 1.81. The van der Waals surface area contributed by atoms with Crippen molar-refractivity contribution in [3.8, 4) is 23.0 Å². The first-order valence-electron chi connectivity index (χ1n) is 10.00. The van der Waals surface area contributed by atoms with Gasteiger partial charge in [-0.25, -0.2) is 18.0 Å². The summed E-state index contributed by atoms with van der Waals surface area (Å²) in [5, 5.41) is 9.15. The zero-order valence-corrected chi connectivity index (χ0v) is 17.3. The maximum Gasteiger partial charge on any atom is 0.407 e. The fourth-order valence-corrected chi connectivity index (χ4v) is 3.77. The van der Waals surface area contributed by atoms with Gasteiger partial charge in [-0.1, -0.05) is 24.3 Å². The lowest BCUT2D eigenvalue weighted by atomic mass is 9.87. The van der Waals surface area contributed by atoms with Crippen molar-refractivity contribution >= 4 is 6.09 Å². The van der Waals surface area contributed by atoms with Crippen molar-refractivity contribution in [2.45, 2.75) is 25.4 Å². The number of ether oxygens (including phenoxy) is 4. The summed E-state index contributed by atoms with van der Waals surface area (Å²) in [6, 6.07) is 10.0. The average molecular weight is 455 g/mol. The lowest BCUT2D eigenvalue weighted by Crippen LogP contribution is -2.37. The van der Waals surface area contributed by atoms with Crippen molar-refractivity contribution in [3.63, 3.8) is 0 Å². The van der Waals surface area contributed by atoms with E-state index in [0.717, 1.165) is 11.1 Å². The molecule has 10 heteroatoms. The van der Waals surface area contributed by atoms with Crippen molar-refractivity contribution in [2.75, 3.05) is 33.7 Å². The third-order valence-corrected chi connectivity index (χ3v) is 5.27. The minimum absolute atomic E-state index is 0.0302. The summed E-state index contributed by atoms with van der Waals surface area (Å²) >= 11 is 0. The first kappa shape index (κ1) is 23.4. The summed E-state index contributed by atoms with van der Waals surface area (Å²) in [7, 11) is 0. The molecule has 0 aromatic heterocycles. The molecule has 3 rings (SSSR count). The number of amides is 1. The Labute approximate surface area is 183 Å². The topological polar surface area (TPSA) is 77.5 Å². The monoisotopic (exact) mass is 455 g/mol. The van der Waals surface area contributed by atoms with Gasteiger partial charge in [-0.2, -0.15) is 0 Å². The fraction of sp³-hybridized carbons (Fsp3) is 0.409. The molecule has 1 saturated heterocycles. The second-order valence-corrected chi connectivity index (χ2v) is 7.04. The van der Waals surface area contributed by atoms with E-state index in [0.29, 0.717) is 25.9 Å². The van der Waals surface area contributed by atoms with E-state index >= 15 is 0 Å². The van der Waals surface area contributed by atoms with Crippen molar-refractivity contribution in [2.24, 2.45) is 0 Å². The lowest BCUT2D eigenvalue weighted by Gasteiger charge is -2.31. The number of piperidine rings is 1. The molecule has 2 aromatic rings. The van der Waals surface area contributed by atoms with Crippen LogP contribution in [0.15, 0.2) is 36.4 Å². The number of benzene rings is 2. The number of hydrogen-bond acceptors (Lipinski definition) is 5. The maximum absolute atomic E-state index is 12.9. The van der Waals surface area contributed by atoms with Gasteiger partial charge in [0, 0.05) is 25.2 Å². The SMILES string of the molecule is O=C(O)N1CCC(c2ccccc2COc2c(OCF)cc(OCF)cc2OCF)CC1. The molecule has 0 bridgehead atoms. The number of nitrogens with zero attached hydrogens (tertiary/aromatic N) is 1. The van der Waals surface area contributed by atoms with Gasteiger partial charge in [-0.15, -0.1) is 0 Å². The van der Waals surface area contributed by atoms with Gasteiger partial charge in [-0.05, 0) is 29.9 Å². The summed E-state index contributed by atoms with van der Waals surface area (Å²) in [5.41, 5.74) is 1.85. The molecule has 0 atom stereocenters. The van der Waals surface area contributed by atoms with Gasteiger partial charge in [0.25, 0.3) is 0 Å². The molecule has 1 aliphatic rings. The first-order chi connectivity index (χ1) is 15.6. The molecule has 0 spiro atoms. The smallest absolute Gasteiger partial charge is 0.407 e. The molecule has 1 aliphatic heterocycles. The van der Waals surface area contributed by atoms with E-state index in [4.69, 9.17) is 24.1 Å². The largest absolute Gasteiger partial charge is 0.482 e. The Kier molecular flexibility index (Phi) is 8.29. The highest BCUT2D eigenvalue weighted by Crippen LogP contribution is 2.42. The molecule has 2 aromatic carbocycles. The Hall–Kier alpha value is -3.30. The van der Waals surface area contributed by atoms with Crippen LogP contribution in [0.3, 0.4) is 0 Å². The predicted octanol–water partition coefficient (Wildman–Crippen LogP) is 5.04. The van der Waals surface area contributed by atoms with Crippen LogP contribution in [0.1, 0.15) is 29.9 Å². The summed E-state index contributed by atoms with van der Waals surface area (Å²) in [6.07, 6.45) is 0.414. The van der Waals surface area contributed by atoms with Gasteiger partial charge in [0.15, 0.2) is 11.5 Å². The minimum atomic E-state index is -1.19. The highest BCUT2D eigenvalue weighted by atomic mass is 19.1. The Bertz CT molecular complexity index is 878. The van der Waals surface area contributed by atoms with Gasteiger partial charge >= 0.3 is 6.09 Å². The number of carboxylic acid groups (broad SMARTS) is 1. The number of carbonyl (C=O) groups is 1. The fourth-order valence-electron chi connectivity index (χ4n) is 3.77. The van der Waals surface area contributed by atoms with E-state index in [9.17, 15) is 18.0 Å². The molecule has 0 saturated carbocycles. The van der Waals surface area contributed by atoms with Crippen LogP contribution in [0.4, 0.5) is 18.0 Å². The van der Waals surface area contributed by atoms with Gasteiger partial charge in [0.1, 0.15) is 12.4 Å². The molecule has 1 amide bonds. The van der Waals surface area contributed by atoms with Crippen molar-refractivity contribution < 1.29 is 42.0 Å². The van der Waals surface area contributed by atoms with Gasteiger partial charge in [0.2, 0.25) is 26.3 Å². The molecular formula is C22H24F3NO6. The molecule has 174 valence electrons. The molecule has 1 fully saturated rings. The van der Waals surface area contributed by atoms with Crippen molar-refractivity contribution in [3.05, 3.63) is 47.5 Å². The van der Waals surface area contributed by atoms with Crippen LogP contribution in [-0.4, -0.2) is 49.8 Å². The first-order valence-corrected chi connectivity index (χ1v) is 10.00. The Morgan fingerprint density at radius 3 is 2.09 bits per heavy atom. The number of hydrogen-bond donors (Lipinski definition) is 1. The van der Waals surface area contributed by atoms with E-state index in [2.05, 4.69) is 0 Å². The second-order valence-electron chi connectivity index (χ2n) is 7.04. The third kappa shape index (κ3) is 5.68. The molecule has 1 N–H and O–H groups in total. The van der Waals surface area contributed by atoms with Gasteiger partial charge in [0.05, 0.1) is 0 Å². The summed E-state index contributed by atoms with van der Waals surface area (Å²) in [5.74, 6) is -0.156. The number of alkyl halides is 3. The van der Waals surface area contributed by atoms with E-state index < -0.39 is 26.7 Å². The van der Waals surface area contributed by atoms with E-state index in [1.165, 1.54) is 17.0 Å². The summed E-state index contributed by atoms with van der Waals surface area (Å²) in [6.45, 7) is -2.60. The highest BCUT2D eigenvalue weighted by molar-refractivity contribution is 5.65. The Morgan fingerprint density at radius 2 is 1.53 bits per heavy atom.